The average molecular weight is 171 g/mol. The zero-order chi connectivity index (χ0) is 9.30. The minimum atomic E-state index is 0.165. The molecule has 1 unspecified atom stereocenters. The second-order valence-electron chi connectivity index (χ2n) is 2.99. The van der Waals surface area contributed by atoms with Crippen molar-refractivity contribution in [2.75, 3.05) is 20.1 Å². The van der Waals surface area contributed by atoms with Gasteiger partial charge in [0.1, 0.15) is 5.82 Å². The van der Waals surface area contributed by atoms with Crippen molar-refractivity contribution < 1.29 is 0 Å². The molecule has 0 aromatic rings. The van der Waals surface area contributed by atoms with E-state index in [2.05, 4.69) is 0 Å². The second-order valence-corrected chi connectivity index (χ2v) is 2.99. The highest BCUT2D eigenvalue weighted by molar-refractivity contribution is 5.17. The van der Waals surface area contributed by atoms with Gasteiger partial charge in [-0.25, -0.2) is 5.01 Å². The molecular weight excluding hydrogens is 154 g/mol. The molecule has 0 spiro atoms. The summed E-state index contributed by atoms with van der Waals surface area (Å²) in [5, 5.41) is 3.90. The van der Waals surface area contributed by atoms with Crippen molar-refractivity contribution in [2.45, 2.75) is 13.0 Å². The van der Waals surface area contributed by atoms with E-state index in [9.17, 15) is 0 Å². The lowest BCUT2D eigenvalue weighted by molar-refractivity contribution is 0.0372. The van der Waals surface area contributed by atoms with E-state index in [0.29, 0.717) is 12.4 Å². The summed E-state index contributed by atoms with van der Waals surface area (Å²) < 4.78 is 0. The van der Waals surface area contributed by atoms with E-state index in [1.54, 1.807) is 0 Å². The first kappa shape index (κ1) is 9.15. The molecule has 1 rings (SSSR count). The molecule has 1 atom stereocenters. The highest BCUT2D eigenvalue weighted by atomic mass is 15.7. The van der Waals surface area contributed by atoms with Crippen LogP contribution in [0.15, 0.2) is 11.5 Å². The summed E-state index contributed by atoms with van der Waals surface area (Å²) in [5.41, 5.74) is 17.7. The molecule has 5 heteroatoms. The van der Waals surface area contributed by atoms with Crippen LogP contribution in [0.25, 0.3) is 0 Å². The third kappa shape index (κ3) is 1.21. The predicted octanol–water partition coefficient (Wildman–Crippen LogP) is -1.42. The molecular formula is C7H17N5. The number of hydrogen-bond acceptors (Lipinski definition) is 5. The van der Waals surface area contributed by atoms with Gasteiger partial charge in [0.15, 0.2) is 0 Å². The number of hydrazine groups is 1. The van der Waals surface area contributed by atoms with Crippen molar-refractivity contribution in [2.24, 2.45) is 17.2 Å². The normalized spacial score (nSPS) is 25.6. The van der Waals surface area contributed by atoms with Gasteiger partial charge >= 0.3 is 0 Å². The van der Waals surface area contributed by atoms with Crippen molar-refractivity contribution >= 4 is 0 Å². The summed E-state index contributed by atoms with van der Waals surface area (Å²) in [6, 6.07) is 0.165. The Hall–Kier alpha value is -0.940. The van der Waals surface area contributed by atoms with Crippen LogP contribution in [0.3, 0.4) is 0 Å². The fraction of sp³-hybridized carbons (Fsp3) is 0.714. The van der Waals surface area contributed by atoms with Crippen LogP contribution in [0.5, 0.6) is 0 Å². The van der Waals surface area contributed by atoms with Crippen LogP contribution in [0.2, 0.25) is 0 Å². The molecule has 0 saturated carbocycles. The Morgan fingerprint density at radius 3 is 2.33 bits per heavy atom. The van der Waals surface area contributed by atoms with Gasteiger partial charge in [0.05, 0.1) is 11.7 Å². The third-order valence-electron chi connectivity index (χ3n) is 2.29. The van der Waals surface area contributed by atoms with Crippen LogP contribution < -0.4 is 17.2 Å². The van der Waals surface area contributed by atoms with Gasteiger partial charge in [-0.1, -0.05) is 0 Å². The van der Waals surface area contributed by atoms with Gasteiger partial charge in [-0.05, 0) is 6.92 Å². The summed E-state index contributed by atoms with van der Waals surface area (Å²) in [6.07, 6.45) is 0. The van der Waals surface area contributed by atoms with E-state index in [4.69, 9.17) is 17.2 Å². The number of rotatable bonds is 2. The highest BCUT2D eigenvalue weighted by Gasteiger charge is 2.29. The number of nitrogens with two attached hydrogens (primary N) is 3. The second kappa shape index (κ2) is 3.20. The SMILES string of the molecule is CC1C(N)=C(N)N(C)N1CCN. The molecule has 0 fully saturated rings. The Morgan fingerprint density at radius 1 is 1.42 bits per heavy atom. The Balaban J connectivity index is 2.73. The largest absolute Gasteiger partial charge is 0.398 e. The maximum Gasteiger partial charge on any atom is 0.134 e. The molecule has 0 radical (unpaired) electrons. The Labute approximate surface area is 72.7 Å². The quantitative estimate of drug-likeness (QED) is 0.475. The zero-order valence-electron chi connectivity index (χ0n) is 7.62. The molecule has 0 aromatic carbocycles. The molecule has 5 nitrogen and oxygen atoms in total. The third-order valence-corrected chi connectivity index (χ3v) is 2.29. The van der Waals surface area contributed by atoms with E-state index >= 15 is 0 Å². The molecule has 6 N–H and O–H groups in total. The lowest BCUT2D eigenvalue weighted by Crippen LogP contribution is -2.43. The monoisotopic (exact) mass is 171 g/mol. The molecule has 0 amide bonds. The lowest BCUT2D eigenvalue weighted by atomic mass is 10.2. The van der Waals surface area contributed by atoms with Crippen LogP contribution in [0.1, 0.15) is 6.92 Å². The Bertz CT molecular complexity index is 182. The summed E-state index contributed by atoms with van der Waals surface area (Å²) in [6.45, 7) is 3.40. The van der Waals surface area contributed by atoms with Gasteiger partial charge < -0.3 is 17.2 Å². The molecule has 0 saturated heterocycles. The maximum absolute atomic E-state index is 5.76. The molecule has 0 aromatic heterocycles. The van der Waals surface area contributed by atoms with Crippen molar-refractivity contribution in [3.8, 4) is 0 Å². The van der Waals surface area contributed by atoms with Gasteiger partial charge in [-0.3, -0.25) is 5.01 Å². The van der Waals surface area contributed by atoms with Crippen LogP contribution in [0.4, 0.5) is 0 Å². The Morgan fingerprint density at radius 2 is 2.00 bits per heavy atom. The molecule has 0 bridgehead atoms. The average Bonchev–Trinajstić information content (AvgIpc) is 2.23. The fourth-order valence-corrected chi connectivity index (χ4v) is 1.44. The molecule has 0 aliphatic carbocycles. The van der Waals surface area contributed by atoms with Gasteiger partial charge in [-0.2, -0.15) is 0 Å². The van der Waals surface area contributed by atoms with Crippen LogP contribution in [0, 0.1) is 0 Å². The lowest BCUT2D eigenvalue weighted by Gasteiger charge is -2.29. The van der Waals surface area contributed by atoms with Gasteiger partial charge in [0.25, 0.3) is 0 Å². The van der Waals surface area contributed by atoms with E-state index < -0.39 is 0 Å². The predicted molar refractivity (Wildman–Crippen MR) is 48.4 cm³/mol. The number of hydrogen-bond donors (Lipinski definition) is 3. The standard InChI is InChI=1S/C7H17N5/c1-5-6(9)7(10)11(2)12(5)4-3-8/h5H,3-4,8-10H2,1-2H3. The summed E-state index contributed by atoms with van der Waals surface area (Å²) >= 11 is 0. The minimum absolute atomic E-state index is 0.165. The summed E-state index contributed by atoms with van der Waals surface area (Å²) in [7, 11) is 1.89. The first-order valence-corrected chi connectivity index (χ1v) is 4.05. The molecule has 12 heavy (non-hydrogen) atoms. The highest BCUT2D eigenvalue weighted by Crippen LogP contribution is 2.20. The minimum Gasteiger partial charge on any atom is -0.398 e. The Kier molecular flexibility index (Phi) is 2.44. The van der Waals surface area contributed by atoms with Crippen LogP contribution >= 0.6 is 0 Å². The van der Waals surface area contributed by atoms with Gasteiger partial charge in [0, 0.05) is 20.1 Å². The van der Waals surface area contributed by atoms with E-state index in [1.165, 1.54) is 0 Å². The first-order valence-electron chi connectivity index (χ1n) is 4.05. The molecule has 1 aliphatic rings. The summed E-state index contributed by atoms with van der Waals surface area (Å²) in [4.78, 5) is 0. The number of nitrogens with zero attached hydrogens (tertiary/aromatic N) is 2. The van der Waals surface area contributed by atoms with Crippen molar-refractivity contribution in [3.63, 3.8) is 0 Å². The maximum atomic E-state index is 5.76. The van der Waals surface area contributed by atoms with Gasteiger partial charge in [0.2, 0.25) is 0 Å². The molecule has 1 heterocycles. The van der Waals surface area contributed by atoms with Crippen molar-refractivity contribution in [3.05, 3.63) is 11.5 Å². The smallest absolute Gasteiger partial charge is 0.134 e. The molecule has 70 valence electrons. The fourth-order valence-electron chi connectivity index (χ4n) is 1.44. The first-order chi connectivity index (χ1) is 5.59. The zero-order valence-corrected chi connectivity index (χ0v) is 7.62. The summed E-state index contributed by atoms with van der Waals surface area (Å²) in [5.74, 6) is 0.635. The molecule has 1 aliphatic heterocycles. The topological polar surface area (TPSA) is 84.5 Å². The van der Waals surface area contributed by atoms with Crippen molar-refractivity contribution in [1.29, 1.82) is 0 Å². The van der Waals surface area contributed by atoms with Crippen LogP contribution in [-0.4, -0.2) is 36.2 Å². The van der Waals surface area contributed by atoms with E-state index in [0.717, 1.165) is 12.2 Å². The van der Waals surface area contributed by atoms with Gasteiger partial charge in [-0.15, -0.1) is 0 Å². The van der Waals surface area contributed by atoms with Crippen molar-refractivity contribution in [1.82, 2.24) is 10.0 Å². The van der Waals surface area contributed by atoms with Crippen LogP contribution in [-0.2, 0) is 0 Å². The van der Waals surface area contributed by atoms with E-state index in [1.807, 2.05) is 24.0 Å². The van der Waals surface area contributed by atoms with E-state index in [-0.39, 0.29) is 6.04 Å².